The molecule has 1 aliphatic carbocycles. The third-order valence-corrected chi connectivity index (χ3v) is 17.7. The third kappa shape index (κ3) is 8.97. The van der Waals surface area contributed by atoms with E-state index in [1.54, 1.807) is 6.08 Å². The van der Waals surface area contributed by atoms with E-state index in [0.717, 1.165) is 59.2 Å². The predicted molar refractivity (Wildman–Crippen MR) is 229 cm³/mol. The maximum atomic E-state index is 13.6. The summed E-state index contributed by atoms with van der Waals surface area (Å²) in [5.74, 6) is 1.98. The van der Waals surface area contributed by atoms with Gasteiger partial charge in [0.05, 0.1) is 18.3 Å². The van der Waals surface area contributed by atoms with Gasteiger partial charge < -0.3 is 30.1 Å². The zero-order valence-corrected chi connectivity index (χ0v) is 35.9. The molecule has 1 saturated heterocycles. The number of urea groups is 1. The lowest BCUT2D eigenvalue weighted by Crippen LogP contribution is -2.50. The first-order chi connectivity index (χ1) is 26.5. The van der Waals surface area contributed by atoms with Crippen molar-refractivity contribution in [2.45, 2.75) is 123 Å². The highest BCUT2D eigenvalue weighted by molar-refractivity contribution is 6.77. The Morgan fingerprint density at radius 3 is 2.25 bits per heavy atom. The first kappa shape index (κ1) is 41.0. The lowest BCUT2D eigenvalue weighted by Gasteiger charge is -2.44. The number of carbonyl (C=O) groups excluding carboxylic acids is 1. The molecule has 0 spiro atoms. The number of aromatic nitrogens is 3. The number of hydrogen-bond donors (Lipinski definition) is 4. The molecule has 2 aromatic carbocycles. The standard InChI is InChI=1S/C44H62N8O3Si/c1-28(2)56(29(3)4,30(5)6)55-34-23-24-51(26-34)43-50-49-41-22-19-33(27-52(41)43)54-38-21-20-37(35-13-11-12-14-36(35)38)47-42(53)48-40(25-39(45)44(8,9)10)46-32-17-15-31(7)16-18-32/h11-19,22,25,27-30,34,37-38,45-46H,20-21,23-24,26H2,1-10H3,(H2,47,48,53)/b40-25+,45-39?/t34-,37-,38+/m0/s1. The lowest BCUT2D eigenvalue weighted by atomic mass is 9.85. The molecule has 4 aromatic rings. The van der Waals surface area contributed by atoms with Crippen LogP contribution in [0.2, 0.25) is 16.6 Å². The van der Waals surface area contributed by atoms with Gasteiger partial charge in [-0.2, -0.15) is 0 Å². The summed E-state index contributed by atoms with van der Waals surface area (Å²) in [5.41, 5.74) is 6.43. The van der Waals surface area contributed by atoms with Gasteiger partial charge in [0, 0.05) is 36.0 Å². The van der Waals surface area contributed by atoms with E-state index in [9.17, 15) is 4.79 Å². The minimum atomic E-state index is -2.00. The van der Waals surface area contributed by atoms with E-state index in [-0.39, 0.29) is 29.7 Å². The number of nitrogens with one attached hydrogen (secondary N) is 4. The smallest absolute Gasteiger partial charge is 0.320 e. The van der Waals surface area contributed by atoms with Crippen molar-refractivity contribution in [1.29, 1.82) is 5.41 Å². The first-order valence-corrected chi connectivity index (χ1v) is 22.4. The van der Waals surface area contributed by atoms with Crippen LogP contribution in [0.15, 0.2) is 78.8 Å². The summed E-state index contributed by atoms with van der Waals surface area (Å²) in [6, 6.07) is 19.5. The molecule has 56 heavy (non-hydrogen) atoms. The second kappa shape index (κ2) is 16.8. The largest absolute Gasteiger partial charge is 0.484 e. The molecular formula is C44H62N8O3Si. The average Bonchev–Trinajstić information content (AvgIpc) is 3.78. The van der Waals surface area contributed by atoms with Crippen molar-refractivity contribution in [3.05, 3.63) is 95.4 Å². The van der Waals surface area contributed by atoms with Gasteiger partial charge >= 0.3 is 6.03 Å². The Hall–Kier alpha value is -4.68. The predicted octanol–water partition coefficient (Wildman–Crippen LogP) is 10.1. The molecule has 0 saturated carbocycles. The summed E-state index contributed by atoms with van der Waals surface area (Å²) >= 11 is 0. The number of carbonyl (C=O) groups is 1. The maximum absolute atomic E-state index is 13.6. The van der Waals surface area contributed by atoms with Crippen molar-refractivity contribution in [2.24, 2.45) is 5.41 Å². The van der Waals surface area contributed by atoms with Gasteiger partial charge in [-0.25, -0.2) is 4.79 Å². The number of amides is 2. The average molecular weight is 779 g/mol. The molecule has 2 aromatic heterocycles. The maximum Gasteiger partial charge on any atom is 0.320 e. The number of anilines is 2. The van der Waals surface area contributed by atoms with Crippen LogP contribution in [0.5, 0.6) is 5.75 Å². The minimum Gasteiger partial charge on any atom is -0.484 e. The van der Waals surface area contributed by atoms with E-state index < -0.39 is 8.32 Å². The van der Waals surface area contributed by atoms with Crippen LogP contribution in [0.3, 0.4) is 0 Å². The number of allylic oxidation sites excluding steroid dienone is 1. The minimum absolute atomic E-state index is 0.173. The third-order valence-electron chi connectivity index (χ3n) is 11.6. The fourth-order valence-corrected chi connectivity index (χ4v) is 14.2. The molecule has 3 heterocycles. The van der Waals surface area contributed by atoms with Crippen LogP contribution in [-0.4, -0.2) is 53.9 Å². The molecule has 0 radical (unpaired) electrons. The van der Waals surface area contributed by atoms with Gasteiger partial charge in [0.1, 0.15) is 17.7 Å². The molecule has 2 aliphatic rings. The van der Waals surface area contributed by atoms with Crippen LogP contribution < -0.4 is 25.6 Å². The summed E-state index contributed by atoms with van der Waals surface area (Å²) in [6.45, 7) is 23.7. The van der Waals surface area contributed by atoms with Crippen LogP contribution >= 0.6 is 0 Å². The van der Waals surface area contributed by atoms with Gasteiger partial charge in [-0.1, -0.05) is 104 Å². The molecule has 1 fully saturated rings. The Bertz CT molecular complexity index is 2010. The van der Waals surface area contributed by atoms with Crippen molar-refractivity contribution in [3.8, 4) is 5.75 Å². The van der Waals surface area contributed by atoms with E-state index in [0.29, 0.717) is 41.0 Å². The van der Waals surface area contributed by atoms with E-state index in [1.165, 1.54) is 0 Å². The number of aryl methyl sites for hydroxylation is 1. The van der Waals surface area contributed by atoms with E-state index in [4.69, 9.17) is 14.6 Å². The van der Waals surface area contributed by atoms with Gasteiger partial charge in [0.15, 0.2) is 5.65 Å². The lowest BCUT2D eigenvalue weighted by molar-refractivity contribution is 0.171. The summed E-state index contributed by atoms with van der Waals surface area (Å²) in [5, 5.41) is 27.2. The summed E-state index contributed by atoms with van der Waals surface area (Å²) in [6.07, 6.45) is 6.05. The van der Waals surface area contributed by atoms with Crippen LogP contribution in [0.4, 0.5) is 16.4 Å². The van der Waals surface area contributed by atoms with Crippen LogP contribution in [0.1, 0.15) is 110 Å². The van der Waals surface area contributed by atoms with Crippen molar-refractivity contribution in [3.63, 3.8) is 0 Å². The van der Waals surface area contributed by atoms with Gasteiger partial charge in [0.2, 0.25) is 14.3 Å². The highest BCUT2D eigenvalue weighted by Gasteiger charge is 2.47. The van der Waals surface area contributed by atoms with Crippen LogP contribution in [0.25, 0.3) is 5.65 Å². The van der Waals surface area contributed by atoms with E-state index in [1.807, 2.05) is 86.8 Å². The molecule has 6 rings (SSSR count). The van der Waals surface area contributed by atoms with Gasteiger partial charge in [-0.15, -0.1) is 10.2 Å². The molecule has 1 aliphatic heterocycles. The number of fused-ring (bicyclic) bond motifs is 2. The Morgan fingerprint density at radius 1 is 0.911 bits per heavy atom. The molecule has 300 valence electrons. The zero-order valence-electron chi connectivity index (χ0n) is 34.9. The monoisotopic (exact) mass is 778 g/mol. The fraction of sp³-hybridized carbons (Fsp3) is 0.500. The highest BCUT2D eigenvalue weighted by atomic mass is 28.4. The number of ether oxygens (including phenoxy) is 1. The number of pyridine rings is 1. The number of rotatable bonds is 13. The molecule has 0 unspecified atom stereocenters. The van der Waals surface area contributed by atoms with E-state index >= 15 is 0 Å². The molecule has 3 atom stereocenters. The Labute approximate surface area is 334 Å². The van der Waals surface area contributed by atoms with Crippen LogP contribution in [0, 0.1) is 17.7 Å². The fourth-order valence-electron chi connectivity index (χ4n) is 8.61. The number of benzene rings is 2. The topological polar surface area (TPSA) is 129 Å². The SMILES string of the molecule is Cc1ccc(N/C(=C\C(=N)C(C)(C)C)NC(=O)N[C@H]2CC[C@@H](Oc3ccc4nnc(N5CC[C@H](O[Si](C(C)C)(C(C)C)C(C)C)C5)n4c3)c3ccccc32)cc1. The van der Waals surface area contributed by atoms with Crippen molar-refractivity contribution >= 4 is 37.3 Å². The quantitative estimate of drug-likeness (QED) is 0.0786. The Morgan fingerprint density at radius 2 is 1.59 bits per heavy atom. The Balaban J connectivity index is 1.15. The summed E-state index contributed by atoms with van der Waals surface area (Å²) in [7, 11) is -2.00. The molecule has 11 nitrogen and oxygen atoms in total. The molecule has 12 heteroatoms. The van der Waals surface area contributed by atoms with Crippen LogP contribution in [-0.2, 0) is 4.43 Å². The second-order valence-electron chi connectivity index (χ2n) is 17.6. The van der Waals surface area contributed by atoms with Crippen molar-refractivity contribution < 1.29 is 14.0 Å². The zero-order chi connectivity index (χ0) is 40.4. The number of nitrogens with zero attached hydrogens (tertiary/aromatic N) is 4. The van der Waals surface area contributed by atoms with Crippen molar-refractivity contribution in [1.82, 2.24) is 25.2 Å². The molecular weight excluding hydrogens is 717 g/mol. The summed E-state index contributed by atoms with van der Waals surface area (Å²) in [4.78, 5) is 15.9. The number of hydrogen-bond acceptors (Lipinski definition) is 8. The summed E-state index contributed by atoms with van der Waals surface area (Å²) < 4.78 is 15.9. The van der Waals surface area contributed by atoms with Gasteiger partial charge in [-0.05, 0) is 78.2 Å². The van der Waals surface area contributed by atoms with Gasteiger partial charge in [-0.3, -0.25) is 9.72 Å². The second-order valence-corrected chi connectivity index (χ2v) is 23.0. The normalized spacial score (nSPS) is 19.1. The Kier molecular flexibility index (Phi) is 12.3. The van der Waals surface area contributed by atoms with Crippen molar-refractivity contribution in [2.75, 3.05) is 23.3 Å². The first-order valence-electron chi connectivity index (χ1n) is 20.3. The van der Waals surface area contributed by atoms with Gasteiger partial charge in [0.25, 0.3) is 0 Å². The molecule has 0 bridgehead atoms. The highest BCUT2D eigenvalue weighted by Crippen LogP contribution is 2.44. The molecule has 2 amide bonds. The van der Waals surface area contributed by atoms with E-state index in [2.05, 4.69) is 84.7 Å². The molecule has 4 N–H and O–H groups in total.